The second-order valence-electron chi connectivity index (χ2n) is 15.0. The predicted molar refractivity (Wildman–Crippen MR) is 220 cm³/mol. The number of benzene rings is 2. The number of aryl methyl sites for hydroxylation is 1. The number of carbonyl (C=O) groups excluding carboxylic acids is 2. The molecule has 6 heterocycles. The molecule has 0 aliphatic heterocycles. The third-order valence-electron chi connectivity index (χ3n) is 8.06. The fraction of sp³-hybridized carbons (Fsp3) is 0.220. The summed E-state index contributed by atoms with van der Waals surface area (Å²) >= 11 is 5.97. The van der Waals surface area contributed by atoms with Crippen molar-refractivity contribution >= 4 is 63.4 Å². The number of hydrogen-bond donors (Lipinski definition) is 2. The summed E-state index contributed by atoms with van der Waals surface area (Å²) in [4.78, 5) is 37.0. The predicted octanol–water partition coefficient (Wildman–Crippen LogP) is 9.69. The molecule has 8 rings (SSSR count). The van der Waals surface area contributed by atoms with E-state index in [4.69, 9.17) is 25.5 Å². The SMILES string of the molecule is CC(C)(C)OC(=O)n1cc(-c2ccc(Nc3nc(Cl)nc4ccoc34)cc2)cn1.Cc1nc(Nc2ccc(-c3cnn(C(=O)OC(C)(C)C)c3)cc2)c2cccn2n1. The van der Waals surface area contributed by atoms with Crippen LogP contribution in [0.5, 0.6) is 0 Å². The minimum absolute atomic E-state index is 0.132. The topological polar surface area (TPSA) is 181 Å². The Hall–Kier alpha value is -7.07. The zero-order valence-electron chi connectivity index (χ0n) is 32.8. The van der Waals surface area contributed by atoms with Crippen molar-refractivity contribution < 1.29 is 23.5 Å². The van der Waals surface area contributed by atoms with Gasteiger partial charge < -0.3 is 24.5 Å². The molecule has 0 amide bonds. The lowest BCUT2D eigenvalue weighted by Gasteiger charge is -2.18. The molecule has 0 spiro atoms. The Balaban J connectivity index is 0.000000177. The maximum Gasteiger partial charge on any atom is 0.435 e. The van der Waals surface area contributed by atoms with Gasteiger partial charge in [-0.3, -0.25) is 0 Å². The van der Waals surface area contributed by atoms with Gasteiger partial charge in [-0.05, 0) is 108 Å². The monoisotopic (exact) mass is 801 g/mol. The summed E-state index contributed by atoms with van der Waals surface area (Å²) in [5, 5.41) is 19.2. The molecule has 2 aromatic carbocycles. The molecule has 0 aliphatic carbocycles. The molecule has 0 atom stereocenters. The molecular weight excluding hydrogens is 762 g/mol. The van der Waals surface area contributed by atoms with Crippen LogP contribution < -0.4 is 10.6 Å². The zero-order valence-corrected chi connectivity index (χ0v) is 33.5. The number of aromatic nitrogens is 9. The van der Waals surface area contributed by atoms with Crippen molar-refractivity contribution in [3.63, 3.8) is 0 Å². The lowest BCUT2D eigenvalue weighted by molar-refractivity contribution is 0.0503. The summed E-state index contributed by atoms with van der Waals surface area (Å²) in [6.07, 6.45) is 8.95. The van der Waals surface area contributed by atoms with Crippen molar-refractivity contribution in [1.29, 1.82) is 0 Å². The van der Waals surface area contributed by atoms with Crippen LogP contribution in [0.4, 0.5) is 32.6 Å². The van der Waals surface area contributed by atoms with E-state index in [9.17, 15) is 9.59 Å². The Bertz CT molecular complexity index is 2530. The molecule has 16 nitrogen and oxygen atoms in total. The van der Waals surface area contributed by atoms with Crippen molar-refractivity contribution in [2.75, 3.05) is 10.6 Å². The Morgan fingerprint density at radius 1 is 0.690 bits per heavy atom. The Morgan fingerprint density at radius 2 is 1.22 bits per heavy atom. The third-order valence-corrected chi connectivity index (χ3v) is 8.23. The fourth-order valence-electron chi connectivity index (χ4n) is 5.58. The van der Waals surface area contributed by atoms with Crippen molar-refractivity contribution in [2.45, 2.75) is 59.7 Å². The largest absolute Gasteiger partial charge is 0.459 e. The van der Waals surface area contributed by atoms with Crippen LogP contribution in [0.2, 0.25) is 5.28 Å². The highest BCUT2D eigenvalue weighted by Gasteiger charge is 2.20. The van der Waals surface area contributed by atoms with Gasteiger partial charge in [0.05, 0.1) is 18.7 Å². The Labute approximate surface area is 337 Å². The molecule has 0 fully saturated rings. The first-order chi connectivity index (χ1) is 27.6. The van der Waals surface area contributed by atoms with Gasteiger partial charge in [-0.1, -0.05) is 24.3 Å². The molecule has 296 valence electrons. The van der Waals surface area contributed by atoms with E-state index in [0.717, 1.165) is 45.0 Å². The smallest absolute Gasteiger partial charge is 0.435 e. The molecule has 8 aromatic rings. The van der Waals surface area contributed by atoms with Gasteiger partial charge >= 0.3 is 12.2 Å². The highest BCUT2D eigenvalue weighted by molar-refractivity contribution is 6.28. The van der Waals surface area contributed by atoms with Gasteiger partial charge in [0.25, 0.3) is 0 Å². The number of furan rings is 1. The number of nitrogens with zero attached hydrogens (tertiary/aromatic N) is 9. The Morgan fingerprint density at radius 3 is 1.76 bits per heavy atom. The number of hydrogen-bond acceptors (Lipinski definition) is 13. The van der Waals surface area contributed by atoms with Crippen molar-refractivity contribution in [3.05, 3.63) is 115 Å². The van der Waals surface area contributed by atoms with E-state index in [0.29, 0.717) is 22.7 Å². The summed E-state index contributed by atoms with van der Waals surface area (Å²) in [5.74, 6) is 1.91. The summed E-state index contributed by atoms with van der Waals surface area (Å²) in [6.45, 7) is 12.7. The molecular formula is C41H40ClN11O5. The molecule has 17 heteroatoms. The number of anilines is 4. The minimum Gasteiger partial charge on any atom is -0.459 e. The number of ether oxygens (including phenoxy) is 2. The van der Waals surface area contributed by atoms with Gasteiger partial charge in [-0.15, -0.1) is 0 Å². The van der Waals surface area contributed by atoms with Gasteiger partial charge in [-0.2, -0.15) is 29.6 Å². The van der Waals surface area contributed by atoms with Crippen LogP contribution >= 0.6 is 11.6 Å². The average Bonchev–Trinajstić information content (AvgIpc) is 3.99. The van der Waals surface area contributed by atoms with Crippen LogP contribution in [0.3, 0.4) is 0 Å². The van der Waals surface area contributed by atoms with Gasteiger partial charge in [0.1, 0.15) is 28.1 Å². The first-order valence-electron chi connectivity index (χ1n) is 18.1. The van der Waals surface area contributed by atoms with Crippen LogP contribution in [0.25, 0.3) is 38.9 Å². The van der Waals surface area contributed by atoms with Gasteiger partial charge in [-0.25, -0.2) is 24.1 Å². The van der Waals surface area contributed by atoms with Crippen LogP contribution in [0.15, 0.2) is 108 Å². The number of carbonyl (C=O) groups is 2. The van der Waals surface area contributed by atoms with E-state index in [1.165, 1.54) is 15.6 Å². The average molecular weight is 802 g/mol. The number of rotatable bonds is 6. The molecule has 0 bridgehead atoms. The van der Waals surface area contributed by atoms with E-state index in [1.807, 2.05) is 115 Å². The third kappa shape index (κ3) is 9.47. The van der Waals surface area contributed by atoms with Crippen LogP contribution in [-0.4, -0.2) is 67.5 Å². The molecule has 0 saturated carbocycles. The summed E-state index contributed by atoms with van der Waals surface area (Å²) in [7, 11) is 0. The van der Waals surface area contributed by atoms with Gasteiger partial charge in [0, 0.05) is 47.2 Å². The Kier molecular flexibility index (Phi) is 10.7. The molecule has 0 saturated heterocycles. The summed E-state index contributed by atoms with van der Waals surface area (Å²) in [6, 6.07) is 21.0. The highest BCUT2D eigenvalue weighted by atomic mass is 35.5. The highest BCUT2D eigenvalue weighted by Crippen LogP contribution is 2.28. The van der Waals surface area contributed by atoms with Crippen LogP contribution in [0.1, 0.15) is 47.4 Å². The molecule has 58 heavy (non-hydrogen) atoms. The molecule has 0 unspecified atom stereocenters. The molecule has 6 aromatic heterocycles. The second kappa shape index (κ2) is 15.8. The molecule has 0 radical (unpaired) electrons. The first-order valence-corrected chi connectivity index (χ1v) is 18.5. The molecule has 0 aliphatic rings. The quantitative estimate of drug-likeness (QED) is 0.152. The normalized spacial score (nSPS) is 11.6. The lowest BCUT2D eigenvalue weighted by Crippen LogP contribution is -2.27. The standard InChI is InChI=1S/C21H22N6O2.C20H18ClN5O3/c1-14-23-19(18-6-5-11-26(18)25-14)24-17-9-7-15(8-10-17)16-12-22-27(13-16)20(28)29-21(2,3)4;1-20(2,3)29-19(27)26-11-13(10-22-26)12-4-6-14(7-5-12)23-17-16-15(8-9-28-16)24-18(21)25-17/h5-13H,1-4H3,(H,23,24,25);4-11H,1-3H3,(H,23,24,25). The van der Waals surface area contributed by atoms with Gasteiger partial charge in [0.15, 0.2) is 17.2 Å². The first kappa shape index (κ1) is 39.2. The number of nitrogens with one attached hydrogen (secondary N) is 2. The van der Waals surface area contributed by atoms with Crippen molar-refractivity contribution in [3.8, 4) is 22.3 Å². The second-order valence-corrected chi connectivity index (χ2v) is 15.4. The van der Waals surface area contributed by atoms with Crippen LogP contribution in [0, 0.1) is 6.92 Å². The number of halogens is 1. The minimum atomic E-state index is -0.584. The van der Waals surface area contributed by atoms with Crippen LogP contribution in [-0.2, 0) is 9.47 Å². The summed E-state index contributed by atoms with van der Waals surface area (Å²) < 4.78 is 20.3. The van der Waals surface area contributed by atoms with E-state index in [-0.39, 0.29) is 5.28 Å². The van der Waals surface area contributed by atoms with E-state index in [1.54, 1.807) is 35.4 Å². The lowest BCUT2D eigenvalue weighted by atomic mass is 10.1. The maximum atomic E-state index is 12.1. The zero-order chi connectivity index (χ0) is 41.2. The summed E-state index contributed by atoms with van der Waals surface area (Å²) in [5.41, 5.74) is 6.05. The van der Waals surface area contributed by atoms with E-state index >= 15 is 0 Å². The number of fused-ring (bicyclic) bond motifs is 2. The maximum absolute atomic E-state index is 12.1. The van der Waals surface area contributed by atoms with E-state index in [2.05, 4.69) is 40.9 Å². The van der Waals surface area contributed by atoms with Crippen molar-refractivity contribution in [2.24, 2.45) is 0 Å². The van der Waals surface area contributed by atoms with Gasteiger partial charge in [0.2, 0.25) is 5.28 Å². The van der Waals surface area contributed by atoms with E-state index < -0.39 is 23.4 Å². The van der Waals surface area contributed by atoms with Crippen molar-refractivity contribution in [1.82, 2.24) is 44.1 Å². The molecule has 2 N–H and O–H groups in total. The fourth-order valence-corrected chi connectivity index (χ4v) is 5.76.